The lowest BCUT2D eigenvalue weighted by Crippen LogP contribution is -2.56. The lowest BCUT2D eigenvalue weighted by atomic mass is 9.99. The van der Waals surface area contributed by atoms with E-state index in [0.29, 0.717) is 38.3 Å². The molecule has 1 heterocycles. The van der Waals surface area contributed by atoms with Crippen LogP contribution < -0.4 is 15.5 Å². The Hall–Kier alpha value is -2.98. The fourth-order valence-electron chi connectivity index (χ4n) is 4.40. The number of carbonyl (C=O) groups excluding carboxylic acids is 3. The summed E-state index contributed by atoms with van der Waals surface area (Å²) in [7, 11) is 0. The third kappa shape index (κ3) is 10.0. The van der Waals surface area contributed by atoms with Crippen molar-refractivity contribution < 1.29 is 23.6 Å². The van der Waals surface area contributed by atoms with Gasteiger partial charge < -0.3 is 24.8 Å². The highest BCUT2D eigenvalue weighted by molar-refractivity contribution is 6.54. The van der Waals surface area contributed by atoms with E-state index in [9.17, 15) is 14.4 Å². The highest BCUT2D eigenvalue weighted by atomic mass is 35.5. The van der Waals surface area contributed by atoms with Gasteiger partial charge >= 0.3 is 6.09 Å². The number of benzene rings is 2. The molecule has 0 aliphatic heterocycles. The highest BCUT2D eigenvalue weighted by Gasteiger charge is 2.32. The van der Waals surface area contributed by atoms with E-state index >= 15 is 0 Å². The molecule has 13 heteroatoms. The molecule has 0 radical (unpaired) electrons. The van der Waals surface area contributed by atoms with E-state index in [-0.39, 0.29) is 18.4 Å². The number of hydrogen-bond acceptors (Lipinski definition) is 6. The Balaban J connectivity index is 1.90. The molecule has 2 atom stereocenters. The van der Waals surface area contributed by atoms with Crippen LogP contribution in [0.2, 0.25) is 10.0 Å². The molecule has 0 aliphatic carbocycles. The zero-order valence-electron chi connectivity index (χ0n) is 26.2. The minimum absolute atomic E-state index is 0.0375. The van der Waals surface area contributed by atoms with Crippen LogP contribution in [0.15, 0.2) is 53.1 Å². The number of alkyl carbamates (subject to hydrolysis) is 1. The molecule has 0 spiro atoms. The summed E-state index contributed by atoms with van der Waals surface area (Å²) in [5.41, 5.74) is 1.33. The maximum atomic E-state index is 13.5. The quantitative estimate of drug-likeness (QED) is 0.195. The molecular formula is C32H38Cl4N4O5. The van der Waals surface area contributed by atoms with Crippen molar-refractivity contribution >= 4 is 70.0 Å². The van der Waals surface area contributed by atoms with E-state index in [4.69, 9.17) is 55.7 Å². The normalized spacial score (nSPS) is 13.1. The molecule has 0 unspecified atom stereocenters. The molecule has 0 bridgehead atoms. The standard InChI is InChI=1S/C32H38Cl4N4O5/c1-17(2)24(37-29(41)27(18(3)4)38-31(43)44-32(5,6)7)16-40(30(42)28(35)36)20-11-8-10-19(14-20)25-15-23(39-45-25)26-21(33)12-9-13-22(26)34/h8-15,17-18,24,27-28H,16H2,1-7H3,(H,37,41)(H,38,43)/t24-,27+/m1/s1. The molecule has 2 N–H and O–H groups in total. The predicted octanol–water partition coefficient (Wildman–Crippen LogP) is 8.14. The maximum Gasteiger partial charge on any atom is 0.408 e. The summed E-state index contributed by atoms with van der Waals surface area (Å²) < 4.78 is 11.0. The van der Waals surface area contributed by atoms with E-state index in [2.05, 4.69) is 15.8 Å². The highest BCUT2D eigenvalue weighted by Crippen LogP contribution is 2.36. The molecule has 3 aromatic rings. The number of ether oxygens (including phenoxy) is 1. The van der Waals surface area contributed by atoms with Crippen LogP contribution in [0.25, 0.3) is 22.6 Å². The Kier molecular flexibility index (Phi) is 12.6. The molecule has 0 saturated carbocycles. The number of nitrogens with one attached hydrogen (secondary N) is 2. The van der Waals surface area contributed by atoms with E-state index in [1.54, 1.807) is 69.3 Å². The summed E-state index contributed by atoms with van der Waals surface area (Å²) in [5.74, 6) is -0.962. The second-order valence-corrected chi connectivity index (χ2v) is 14.1. The van der Waals surface area contributed by atoms with Gasteiger partial charge in [-0.2, -0.15) is 0 Å². The zero-order chi connectivity index (χ0) is 33.6. The van der Waals surface area contributed by atoms with Crippen LogP contribution in [0.1, 0.15) is 48.5 Å². The van der Waals surface area contributed by atoms with Crippen LogP contribution in [-0.2, 0) is 14.3 Å². The smallest absolute Gasteiger partial charge is 0.408 e. The van der Waals surface area contributed by atoms with Gasteiger partial charge in [-0.15, -0.1) is 0 Å². The average molecular weight is 700 g/mol. The first kappa shape index (κ1) is 36.5. The number of anilines is 1. The van der Waals surface area contributed by atoms with E-state index < -0.39 is 40.4 Å². The lowest BCUT2D eigenvalue weighted by molar-refractivity contribution is -0.125. The number of nitrogens with zero attached hydrogens (tertiary/aromatic N) is 2. The maximum absolute atomic E-state index is 13.5. The van der Waals surface area contributed by atoms with Crippen LogP contribution in [0.4, 0.5) is 10.5 Å². The molecule has 3 rings (SSSR count). The van der Waals surface area contributed by atoms with Gasteiger partial charge in [-0.1, -0.05) is 97.5 Å². The van der Waals surface area contributed by atoms with Crippen molar-refractivity contribution in [3.05, 3.63) is 58.6 Å². The molecule has 244 valence electrons. The largest absolute Gasteiger partial charge is 0.444 e. The Morgan fingerprint density at radius 2 is 1.56 bits per heavy atom. The van der Waals surface area contributed by atoms with E-state index in [0.717, 1.165) is 0 Å². The summed E-state index contributed by atoms with van der Waals surface area (Å²) in [6.07, 6.45) is -0.703. The van der Waals surface area contributed by atoms with E-state index in [1.165, 1.54) is 4.90 Å². The van der Waals surface area contributed by atoms with Gasteiger partial charge in [0, 0.05) is 35.5 Å². The summed E-state index contributed by atoms with van der Waals surface area (Å²) in [5, 5.41) is 10.6. The zero-order valence-corrected chi connectivity index (χ0v) is 29.2. The first-order chi connectivity index (χ1) is 21.0. The minimum Gasteiger partial charge on any atom is -0.444 e. The van der Waals surface area contributed by atoms with Gasteiger partial charge in [-0.25, -0.2) is 4.79 Å². The molecule has 3 amide bonds. The number of aromatic nitrogens is 1. The summed E-state index contributed by atoms with van der Waals surface area (Å²) in [6, 6.07) is 12.4. The summed E-state index contributed by atoms with van der Waals surface area (Å²) >= 11 is 24.9. The average Bonchev–Trinajstić information content (AvgIpc) is 3.42. The molecule has 9 nitrogen and oxygen atoms in total. The van der Waals surface area contributed by atoms with Crippen molar-refractivity contribution in [2.75, 3.05) is 11.4 Å². The minimum atomic E-state index is -1.37. The van der Waals surface area contributed by atoms with Crippen molar-refractivity contribution in [3.8, 4) is 22.6 Å². The van der Waals surface area contributed by atoms with Crippen molar-refractivity contribution in [3.63, 3.8) is 0 Å². The van der Waals surface area contributed by atoms with Crippen molar-refractivity contribution in [2.45, 2.75) is 71.0 Å². The van der Waals surface area contributed by atoms with Crippen LogP contribution in [0.3, 0.4) is 0 Å². The predicted molar refractivity (Wildman–Crippen MR) is 180 cm³/mol. The third-order valence-corrected chi connectivity index (χ3v) is 7.76. The van der Waals surface area contributed by atoms with Crippen LogP contribution >= 0.6 is 46.4 Å². The molecule has 1 aromatic heterocycles. The first-order valence-electron chi connectivity index (χ1n) is 14.4. The summed E-state index contributed by atoms with van der Waals surface area (Å²) in [6.45, 7) is 12.7. The van der Waals surface area contributed by atoms with Gasteiger partial charge in [-0.3, -0.25) is 9.59 Å². The molecule has 0 aliphatic rings. The Bertz CT molecular complexity index is 1480. The number of hydrogen-bond donors (Lipinski definition) is 2. The number of amides is 3. The van der Waals surface area contributed by atoms with Crippen LogP contribution in [0.5, 0.6) is 0 Å². The second kappa shape index (κ2) is 15.5. The summed E-state index contributed by atoms with van der Waals surface area (Å²) in [4.78, 5) is 39.3. The van der Waals surface area contributed by atoms with E-state index in [1.807, 2.05) is 27.7 Å². The van der Waals surface area contributed by atoms with Gasteiger partial charge in [-0.05, 0) is 56.9 Å². The van der Waals surface area contributed by atoms with Gasteiger partial charge in [0.05, 0.1) is 10.0 Å². The fraction of sp³-hybridized carbons (Fsp3) is 0.438. The second-order valence-electron chi connectivity index (χ2n) is 12.2. The number of halogens is 4. The number of rotatable bonds is 11. The number of alkyl halides is 2. The Morgan fingerprint density at radius 1 is 0.933 bits per heavy atom. The van der Waals surface area contributed by atoms with Gasteiger partial charge in [0.2, 0.25) is 5.91 Å². The molecule has 45 heavy (non-hydrogen) atoms. The topological polar surface area (TPSA) is 114 Å². The molecule has 0 saturated heterocycles. The van der Waals surface area contributed by atoms with Gasteiger partial charge in [0.25, 0.3) is 5.91 Å². The molecule has 0 fully saturated rings. The Labute approximate surface area is 283 Å². The van der Waals surface area contributed by atoms with Gasteiger partial charge in [0.1, 0.15) is 17.3 Å². The lowest BCUT2D eigenvalue weighted by Gasteiger charge is -2.33. The monoisotopic (exact) mass is 698 g/mol. The Morgan fingerprint density at radius 3 is 2.11 bits per heavy atom. The van der Waals surface area contributed by atoms with Crippen molar-refractivity contribution in [1.82, 2.24) is 15.8 Å². The van der Waals surface area contributed by atoms with Crippen molar-refractivity contribution in [1.29, 1.82) is 0 Å². The fourth-order valence-corrected chi connectivity index (χ4v) is 5.23. The molecular weight excluding hydrogens is 662 g/mol. The SMILES string of the molecule is CC(C)[C@H](NC(=O)OC(C)(C)C)C(=O)N[C@H](CN(C(=O)C(Cl)Cl)c1cccc(-c2cc(-c3c(Cl)cccc3Cl)no2)c1)C(C)C. The van der Waals surface area contributed by atoms with Crippen LogP contribution in [-0.4, -0.2) is 52.1 Å². The molecule has 2 aromatic carbocycles. The third-order valence-electron chi connectivity index (χ3n) is 6.76. The van der Waals surface area contributed by atoms with Crippen LogP contribution in [0, 0.1) is 11.8 Å². The number of carbonyl (C=O) groups is 3. The van der Waals surface area contributed by atoms with Gasteiger partial charge in [0.15, 0.2) is 10.6 Å². The van der Waals surface area contributed by atoms with Crippen molar-refractivity contribution in [2.24, 2.45) is 11.8 Å². The first-order valence-corrected chi connectivity index (χ1v) is 16.0.